The third kappa shape index (κ3) is 3.12. The molecule has 0 aromatic heterocycles. The van der Waals surface area contributed by atoms with Crippen molar-refractivity contribution < 1.29 is 24.2 Å². The molecule has 7 nitrogen and oxygen atoms in total. The van der Waals surface area contributed by atoms with Crippen molar-refractivity contribution in [2.24, 2.45) is 0 Å². The number of hydrogen-bond donors (Lipinski definition) is 2. The van der Waals surface area contributed by atoms with E-state index in [0.29, 0.717) is 0 Å². The number of rotatable bonds is 3. The van der Waals surface area contributed by atoms with Crippen LogP contribution >= 0.6 is 0 Å². The summed E-state index contributed by atoms with van der Waals surface area (Å²) in [6.07, 6.45) is -0.682. The Labute approximate surface area is 155 Å². The summed E-state index contributed by atoms with van der Waals surface area (Å²) < 4.78 is 5.47. The van der Waals surface area contributed by atoms with Crippen LogP contribution in [0.3, 0.4) is 0 Å². The van der Waals surface area contributed by atoms with Gasteiger partial charge in [-0.2, -0.15) is 0 Å². The summed E-state index contributed by atoms with van der Waals surface area (Å²) in [7, 11) is 0. The maximum atomic E-state index is 12.4. The number of carbonyl (C=O) groups excluding carboxylic acids is 2. The lowest BCUT2D eigenvalue weighted by atomic mass is 9.98. The van der Waals surface area contributed by atoms with Crippen molar-refractivity contribution >= 4 is 18.0 Å². The van der Waals surface area contributed by atoms with Crippen molar-refractivity contribution in [3.05, 3.63) is 59.7 Å². The summed E-state index contributed by atoms with van der Waals surface area (Å²) in [6.45, 7) is -0.194. The fourth-order valence-electron chi connectivity index (χ4n) is 3.71. The molecule has 2 aromatic rings. The molecule has 0 bridgehead atoms. The van der Waals surface area contributed by atoms with E-state index in [-0.39, 0.29) is 25.6 Å². The van der Waals surface area contributed by atoms with E-state index >= 15 is 0 Å². The van der Waals surface area contributed by atoms with E-state index in [4.69, 9.17) is 9.84 Å². The number of piperazine rings is 1. The predicted molar refractivity (Wildman–Crippen MR) is 96.2 cm³/mol. The van der Waals surface area contributed by atoms with Crippen LogP contribution in [0.4, 0.5) is 4.79 Å². The number of carbonyl (C=O) groups is 3. The second kappa shape index (κ2) is 6.75. The topological polar surface area (TPSA) is 95.9 Å². The van der Waals surface area contributed by atoms with E-state index in [1.165, 1.54) is 0 Å². The fraction of sp³-hybridized carbons (Fsp3) is 0.250. The molecule has 2 amide bonds. The lowest BCUT2D eigenvalue weighted by molar-refractivity contribution is -0.144. The molecule has 0 saturated carbocycles. The van der Waals surface area contributed by atoms with Crippen LogP contribution in [0.1, 0.15) is 17.0 Å². The second-order valence-electron chi connectivity index (χ2n) is 6.64. The summed E-state index contributed by atoms with van der Waals surface area (Å²) >= 11 is 0. The minimum Gasteiger partial charge on any atom is -0.480 e. The monoisotopic (exact) mass is 366 g/mol. The first kappa shape index (κ1) is 17.1. The molecule has 2 aliphatic rings. The molecule has 138 valence electrons. The van der Waals surface area contributed by atoms with E-state index in [1.54, 1.807) is 0 Å². The van der Waals surface area contributed by atoms with Gasteiger partial charge < -0.3 is 15.2 Å². The van der Waals surface area contributed by atoms with Gasteiger partial charge in [0, 0.05) is 5.92 Å². The van der Waals surface area contributed by atoms with E-state index in [0.717, 1.165) is 27.2 Å². The molecule has 2 N–H and O–H groups in total. The molecule has 1 aliphatic carbocycles. The highest BCUT2D eigenvalue weighted by molar-refractivity contribution is 5.89. The largest absolute Gasteiger partial charge is 0.480 e. The number of nitrogens with zero attached hydrogens (tertiary/aromatic N) is 1. The molecule has 1 atom stereocenters. The fourth-order valence-corrected chi connectivity index (χ4v) is 3.71. The lowest BCUT2D eigenvalue weighted by Crippen LogP contribution is -2.58. The van der Waals surface area contributed by atoms with Crippen LogP contribution in [0.15, 0.2) is 48.5 Å². The summed E-state index contributed by atoms with van der Waals surface area (Å²) in [5.74, 6) is -1.78. The number of benzene rings is 2. The Kier molecular flexibility index (Phi) is 4.27. The standard InChI is InChI=1S/C20H18N2O5/c23-18-10-22(9-17(21-18)19(24)25)20(26)27-11-16-14-7-3-1-5-12(14)13-6-2-4-8-15(13)16/h1-8,16-17H,9-11H2,(H,21,23)(H,24,25)/t17-/m0/s1. The Hall–Kier alpha value is -3.35. The van der Waals surface area contributed by atoms with Gasteiger partial charge >= 0.3 is 12.1 Å². The smallest absolute Gasteiger partial charge is 0.410 e. The van der Waals surface area contributed by atoms with Crippen LogP contribution in [0.25, 0.3) is 11.1 Å². The van der Waals surface area contributed by atoms with Gasteiger partial charge in [-0.15, -0.1) is 0 Å². The van der Waals surface area contributed by atoms with Gasteiger partial charge in [0.05, 0.1) is 6.54 Å². The zero-order chi connectivity index (χ0) is 19.0. The van der Waals surface area contributed by atoms with Gasteiger partial charge in [0.2, 0.25) is 5.91 Å². The van der Waals surface area contributed by atoms with Crippen molar-refractivity contribution in [2.75, 3.05) is 19.7 Å². The zero-order valence-electron chi connectivity index (χ0n) is 14.4. The van der Waals surface area contributed by atoms with Crippen molar-refractivity contribution in [1.82, 2.24) is 10.2 Å². The van der Waals surface area contributed by atoms with Crippen LogP contribution in [0, 0.1) is 0 Å². The van der Waals surface area contributed by atoms with Gasteiger partial charge in [0.25, 0.3) is 0 Å². The van der Waals surface area contributed by atoms with Gasteiger partial charge in [-0.3, -0.25) is 9.69 Å². The Morgan fingerprint density at radius 3 is 2.26 bits per heavy atom. The second-order valence-corrected chi connectivity index (χ2v) is 6.64. The van der Waals surface area contributed by atoms with Gasteiger partial charge in [0.15, 0.2) is 0 Å². The minimum absolute atomic E-state index is 0.0877. The van der Waals surface area contributed by atoms with Gasteiger partial charge in [-0.05, 0) is 22.3 Å². The highest BCUT2D eigenvalue weighted by atomic mass is 16.6. The van der Waals surface area contributed by atoms with Crippen molar-refractivity contribution in [1.29, 1.82) is 0 Å². The maximum absolute atomic E-state index is 12.4. The zero-order valence-corrected chi connectivity index (χ0v) is 14.4. The first-order valence-electron chi connectivity index (χ1n) is 8.66. The average Bonchev–Trinajstić information content (AvgIpc) is 2.99. The molecule has 4 rings (SSSR count). The number of carboxylic acids is 1. The molecular weight excluding hydrogens is 348 g/mol. The molecule has 1 saturated heterocycles. The van der Waals surface area contributed by atoms with Crippen LogP contribution in [0.2, 0.25) is 0 Å². The number of hydrogen-bond acceptors (Lipinski definition) is 4. The summed E-state index contributed by atoms with van der Waals surface area (Å²) in [4.78, 5) is 36.3. The van der Waals surface area contributed by atoms with Crippen molar-refractivity contribution in [3.63, 3.8) is 0 Å². The van der Waals surface area contributed by atoms with Crippen molar-refractivity contribution in [3.8, 4) is 11.1 Å². The number of amides is 2. The molecule has 0 radical (unpaired) electrons. The van der Waals surface area contributed by atoms with E-state index in [9.17, 15) is 14.4 Å². The molecule has 0 unspecified atom stereocenters. The molecule has 2 aromatic carbocycles. The SMILES string of the molecule is O=C1CN(C(=O)OCC2c3ccccc3-c3ccccc32)C[C@@H](C(=O)O)N1. The Morgan fingerprint density at radius 2 is 1.67 bits per heavy atom. The van der Waals surface area contributed by atoms with E-state index in [1.807, 2.05) is 48.5 Å². The van der Waals surface area contributed by atoms with Crippen LogP contribution in [-0.4, -0.2) is 53.7 Å². The first-order valence-corrected chi connectivity index (χ1v) is 8.66. The molecule has 0 spiro atoms. The Bertz CT molecular complexity index is 881. The molecule has 1 heterocycles. The average molecular weight is 366 g/mol. The lowest BCUT2D eigenvalue weighted by Gasteiger charge is -2.30. The number of aliphatic carboxylic acids is 1. The van der Waals surface area contributed by atoms with E-state index in [2.05, 4.69) is 5.32 Å². The highest BCUT2D eigenvalue weighted by Gasteiger charge is 2.34. The van der Waals surface area contributed by atoms with Crippen LogP contribution in [0.5, 0.6) is 0 Å². The normalized spacial score (nSPS) is 18.4. The molecule has 1 fully saturated rings. The molecule has 7 heteroatoms. The number of nitrogens with one attached hydrogen (secondary N) is 1. The van der Waals surface area contributed by atoms with Gasteiger partial charge in [0.1, 0.15) is 19.2 Å². The summed E-state index contributed by atoms with van der Waals surface area (Å²) in [6, 6.07) is 14.9. The Balaban J connectivity index is 1.50. The quantitative estimate of drug-likeness (QED) is 0.864. The van der Waals surface area contributed by atoms with Crippen molar-refractivity contribution in [2.45, 2.75) is 12.0 Å². The molecule has 27 heavy (non-hydrogen) atoms. The summed E-state index contributed by atoms with van der Waals surface area (Å²) in [5, 5.41) is 11.4. The first-order chi connectivity index (χ1) is 13.0. The molecular formula is C20H18N2O5. The number of fused-ring (bicyclic) bond motifs is 3. The van der Waals surface area contributed by atoms with E-state index < -0.39 is 24.0 Å². The molecule has 1 aliphatic heterocycles. The maximum Gasteiger partial charge on any atom is 0.410 e. The third-order valence-electron chi connectivity index (χ3n) is 4.96. The highest BCUT2D eigenvalue weighted by Crippen LogP contribution is 2.44. The van der Waals surface area contributed by atoms with Gasteiger partial charge in [-0.25, -0.2) is 9.59 Å². The van der Waals surface area contributed by atoms with Crippen LogP contribution in [-0.2, 0) is 14.3 Å². The Morgan fingerprint density at radius 1 is 1.07 bits per heavy atom. The third-order valence-corrected chi connectivity index (χ3v) is 4.96. The van der Waals surface area contributed by atoms with Gasteiger partial charge in [-0.1, -0.05) is 48.5 Å². The summed E-state index contributed by atoms with van der Waals surface area (Å²) in [5.41, 5.74) is 4.42. The number of ether oxygens (including phenoxy) is 1. The predicted octanol–water partition coefficient (Wildman–Crippen LogP) is 1.82. The number of carboxylic acid groups (broad SMARTS) is 1. The minimum atomic E-state index is -1.18. The van der Waals surface area contributed by atoms with Crippen LogP contribution < -0.4 is 5.32 Å².